The summed E-state index contributed by atoms with van der Waals surface area (Å²) >= 11 is 5.69. The first-order chi connectivity index (χ1) is 9.47. The van der Waals surface area contributed by atoms with Crippen molar-refractivity contribution in [1.82, 2.24) is 4.98 Å². The number of rotatable bonds is 3. The van der Waals surface area contributed by atoms with Crippen LogP contribution in [0.15, 0.2) is 36.5 Å². The highest BCUT2D eigenvalue weighted by molar-refractivity contribution is 6.30. The van der Waals surface area contributed by atoms with Gasteiger partial charge in [-0.3, -0.25) is 14.6 Å². The zero-order valence-electron chi connectivity index (χ0n) is 10.1. The summed E-state index contributed by atoms with van der Waals surface area (Å²) in [6.45, 7) is 0. The molecule has 2 rings (SSSR count). The molecule has 0 saturated heterocycles. The van der Waals surface area contributed by atoms with Crippen LogP contribution < -0.4 is 11.1 Å². The normalized spacial score (nSPS) is 10.1. The molecule has 102 valence electrons. The van der Waals surface area contributed by atoms with Gasteiger partial charge in [0.05, 0.1) is 11.3 Å². The van der Waals surface area contributed by atoms with E-state index in [0.717, 1.165) is 0 Å². The molecule has 0 spiro atoms. The Balaban J connectivity index is 2.17. The van der Waals surface area contributed by atoms with Crippen molar-refractivity contribution in [3.05, 3.63) is 52.8 Å². The molecule has 4 N–H and O–H groups in total. The summed E-state index contributed by atoms with van der Waals surface area (Å²) in [5.74, 6) is -1.31. The summed E-state index contributed by atoms with van der Waals surface area (Å²) in [6.07, 6.45) is 1.21. The van der Waals surface area contributed by atoms with E-state index in [4.69, 9.17) is 17.3 Å². The molecule has 0 fully saturated rings. The molecule has 20 heavy (non-hydrogen) atoms. The van der Waals surface area contributed by atoms with E-state index in [1.165, 1.54) is 36.5 Å². The second kappa shape index (κ2) is 5.58. The number of anilines is 1. The Morgan fingerprint density at radius 1 is 1.25 bits per heavy atom. The third kappa shape index (κ3) is 3.04. The highest BCUT2D eigenvalue weighted by Crippen LogP contribution is 2.26. The van der Waals surface area contributed by atoms with Gasteiger partial charge in [0.2, 0.25) is 5.91 Å². The number of pyridine rings is 1. The third-order valence-corrected chi connectivity index (χ3v) is 2.72. The van der Waals surface area contributed by atoms with Crippen LogP contribution in [0.2, 0.25) is 5.02 Å². The van der Waals surface area contributed by atoms with Gasteiger partial charge < -0.3 is 16.2 Å². The number of hydrogen-bond donors (Lipinski definition) is 3. The number of nitrogens with one attached hydrogen (secondary N) is 1. The first-order valence-corrected chi connectivity index (χ1v) is 5.91. The number of aromatic nitrogens is 1. The molecule has 1 aromatic heterocycles. The van der Waals surface area contributed by atoms with Crippen LogP contribution in [-0.4, -0.2) is 21.9 Å². The molecule has 2 amide bonds. The smallest absolute Gasteiger partial charge is 0.274 e. The number of halogens is 1. The Kier molecular flexibility index (Phi) is 3.86. The molecule has 1 aromatic carbocycles. The molecule has 0 aliphatic rings. The van der Waals surface area contributed by atoms with Crippen LogP contribution in [0.25, 0.3) is 0 Å². The third-order valence-electron chi connectivity index (χ3n) is 2.49. The number of aromatic hydroxyl groups is 1. The molecular weight excluding hydrogens is 282 g/mol. The van der Waals surface area contributed by atoms with Gasteiger partial charge in [-0.1, -0.05) is 11.6 Å². The van der Waals surface area contributed by atoms with Gasteiger partial charge in [0.1, 0.15) is 11.4 Å². The van der Waals surface area contributed by atoms with E-state index in [2.05, 4.69) is 10.3 Å². The first kappa shape index (κ1) is 13.8. The SMILES string of the molecule is NC(=O)c1ccc(C(=O)Nc2ccc(Cl)cc2O)nc1. The lowest BCUT2D eigenvalue weighted by Gasteiger charge is -2.07. The number of nitrogens with two attached hydrogens (primary N) is 1. The number of primary amides is 1. The molecule has 0 saturated carbocycles. The summed E-state index contributed by atoms with van der Waals surface area (Å²) in [5, 5.41) is 12.5. The van der Waals surface area contributed by atoms with Crippen molar-refractivity contribution < 1.29 is 14.7 Å². The van der Waals surface area contributed by atoms with Crippen LogP contribution >= 0.6 is 11.6 Å². The second-order valence-electron chi connectivity index (χ2n) is 3.91. The first-order valence-electron chi connectivity index (χ1n) is 5.53. The van der Waals surface area contributed by atoms with Crippen LogP contribution in [0.4, 0.5) is 5.69 Å². The number of hydrogen-bond acceptors (Lipinski definition) is 4. The lowest BCUT2D eigenvalue weighted by atomic mass is 10.2. The van der Waals surface area contributed by atoms with E-state index in [1.54, 1.807) is 0 Å². The number of carbonyl (C=O) groups excluding carboxylic acids is 2. The Labute approximate surface area is 119 Å². The highest BCUT2D eigenvalue weighted by Gasteiger charge is 2.11. The molecule has 2 aromatic rings. The fourth-order valence-electron chi connectivity index (χ4n) is 1.47. The quantitative estimate of drug-likeness (QED) is 0.750. The molecule has 6 nitrogen and oxygen atoms in total. The van der Waals surface area contributed by atoms with Gasteiger partial charge in [-0.2, -0.15) is 0 Å². The van der Waals surface area contributed by atoms with Crippen molar-refractivity contribution in [3.8, 4) is 5.75 Å². The average Bonchev–Trinajstić information content (AvgIpc) is 2.42. The Bertz CT molecular complexity index is 671. The molecule has 0 aliphatic carbocycles. The molecule has 0 aliphatic heterocycles. The Morgan fingerprint density at radius 2 is 2.00 bits per heavy atom. The van der Waals surface area contributed by atoms with Gasteiger partial charge in [0.15, 0.2) is 0 Å². The highest BCUT2D eigenvalue weighted by atomic mass is 35.5. The van der Waals surface area contributed by atoms with Gasteiger partial charge in [0.25, 0.3) is 5.91 Å². The van der Waals surface area contributed by atoms with E-state index in [9.17, 15) is 14.7 Å². The van der Waals surface area contributed by atoms with Crippen molar-refractivity contribution in [2.75, 3.05) is 5.32 Å². The zero-order valence-corrected chi connectivity index (χ0v) is 10.9. The van der Waals surface area contributed by atoms with E-state index in [-0.39, 0.29) is 22.7 Å². The Morgan fingerprint density at radius 3 is 2.55 bits per heavy atom. The molecular formula is C13H10ClN3O3. The lowest BCUT2D eigenvalue weighted by Crippen LogP contribution is -2.16. The van der Waals surface area contributed by atoms with E-state index in [0.29, 0.717) is 5.02 Å². The minimum Gasteiger partial charge on any atom is -0.506 e. The number of nitrogens with zero attached hydrogens (tertiary/aromatic N) is 1. The van der Waals surface area contributed by atoms with Crippen molar-refractivity contribution >= 4 is 29.1 Å². The van der Waals surface area contributed by atoms with Crippen LogP contribution in [0.1, 0.15) is 20.8 Å². The number of benzene rings is 1. The van der Waals surface area contributed by atoms with Crippen LogP contribution in [0, 0.1) is 0 Å². The molecule has 7 heteroatoms. The van der Waals surface area contributed by atoms with Gasteiger partial charge in [0, 0.05) is 17.3 Å². The van der Waals surface area contributed by atoms with Gasteiger partial charge in [-0.05, 0) is 24.3 Å². The van der Waals surface area contributed by atoms with Gasteiger partial charge >= 0.3 is 0 Å². The summed E-state index contributed by atoms with van der Waals surface area (Å²) in [4.78, 5) is 26.6. The fourth-order valence-corrected chi connectivity index (χ4v) is 1.64. The molecule has 0 radical (unpaired) electrons. The van der Waals surface area contributed by atoms with Gasteiger partial charge in [-0.25, -0.2) is 0 Å². The van der Waals surface area contributed by atoms with Crippen molar-refractivity contribution in [2.45, 2.75) is 0 Å². The maximum absolute atomic E-state index is 11.9. The predicted octanol–water partition coefficient (Wildman–Crippen LogP) is 1.79. The molecule has 0 bridgehead atoms. The maximum Gasteiger partial charge on any atom is 0.274 e. The number of phenolic OH excluding ortho intramolecular Hbond substituents is 1. The van der Waals surface area contributed by atoms with Gasteiger partial charge in [-0.15, -0.1) is 0 Å². The molecule has 0 unspecified atom stereocenters. The van der Waals surface area contributed by atoms with Crippen LogP contribution in [0.3, 0.4) is 0 Å². The largest absolute Gasteiger partial charge is 0.506 e. The standard InChI is InChI=1S/C13H10ClN3O3/c14-8-2-4-9(11(18)5-8)17-13(20)10-3-1-7(6-16-10)12(15)19/h1-6,18H,(H2,15,19)(H,17,20). The van der Waals surface area contributed by atoms with Crippen molar-refractivity contribution in [2.24, 2.45) is 5.73 Å². The van der Waals surface area contributed by atoms with Crippen LogP contribution in [0.5, 0.6) is 5.75 Å². The second-order valence-corrected chi connectivity index (χ2v) is 4.35. The van der Waals surface area contributed by atoms with Crippen molar-refractivity contribution in [3.63, 3.8) is 0 Å². The fraction of sp³-hybridized carbons (Fsp3) is 0. The topological polar surface area (TPSA) is 105 Å². The lowest BCUT2D eigenvalue weighted by molar-refractivity contribution is 0.0993. The summed E-state index contributed by atoms with van der Waals surface area (Å²) in [5.41, 5.74) is 5.57. The average molecular weight is 292 g/mol. The van der Waals surface area contributed by atoms with Crippen LogP contribution in [-0.2, 0) is 0 Å². The number of amides is 2. The van der Waals surface area contributed by atoms with E-state index < -0.39 is 11.8 Å². The summed E-state index contributed by atoms with van der Waals surface area (Å²) in [7, 11) is 0. The molecule has 1 heterocycles. The maximum atomic E-state index is 11.9. The predicted molar refractivity (Wildman–Crippen MR) is 73.8 cm³/mol. The Hall–Kier alpha value is -2.60. The number of phenols is 1. The summed E-state index contributed by atoms with van der Waals surface area (Å²) in [6, 6.07) is 7.06. The number of carbonyl (C=O) groups is 2. The minimum atomic E-state index is -0.625. The van der Waals surface area contributed by atoms with E-state index in [1.807, 2.05) is 0 Å². The monoisotopic (exact) mass is 291 g/mol. The summed E-state index contributed by atoms with van der Waals surface area (Å²) < 4.78 is 0. The molecule has 0 atom stereocenters. The zero-order chi connectivity index (χ0) is 14.7. The minimum absolute atomic E-state index is 0.0874. The van der Waals surface area contributed by atoms with Crippen molar-refractivity contribution in [1.29, 1.82) is 0 Å². The van der Waals surface area contributed by atoms with E-state index >= 15 is 0 Å².